The molecule has 0 bridgehead atoms. The first kappa shape index (κ1) is 36.4. The van der Waals surface area contributed by atoms with E-state index in [1.54, 1.807) is 36.8 Å². The molecule has 1 fully saturated rings. The van der Waals surface area contributed by atoms with E-state index in [0.29, 0.717) is 56.2 Å². The number of ether oxygens (including phenoxy) is 2. The number of hydrogen-bond acceptors (Lipinski definition) is 7. The van der Waals surface area contributed by atoms with Crippen LogP contribution >= 0.6 is 0 Å². The van der Waals surface area contributed by atoms with E-state index in [9.17, 15) is 19.6 Å². The fourth-order valence-corrected chi connectivity index (χ4v) is 7.15. The molecule has 50 heavy (non-hydrogen) atoms. The first-order valence-electron chi connectivity index (χ1n) is 17.1. The molecule has 0 aliphatic carbocycles. The molecule has 5 rings (SSSR count). The molecule has 1 unspecified atom stereocenters. The van der Waals surface area contributed by atoms with Gasteiger partial charge in [0, 0.05) is 57.1 Å². The summed E-state index contributed by atoms with van der Waals surface area (Å²) < 4.78 is 13.3. The molecule has 10 heteroatoms. The first-order valence-corrected chi connectivity index (χ1v) is 17.1. The van der Waals surface area contributed by atoms with Crippen LogP contribution in [0.15, 0.2) is 53.0 Å². The molecule has 0 radical (unpaired) electrons. The molecule has 264 valence electrons. The van der Waals surface area contributed by atoms with Crippen molar-refractivity contribution >= 4 is 11.8 Å². The number of aryl methyl sites for hydroxylation is 1. The molecule has 3 heterocycles. The summed E-state index contributed by atoms with van der Waals surface area (Å²) in [6.45, 7) is 14.7. The monoisotopic (exact) mass is 679 g/mol. The Morgan fingerprint density at radius 1 is 1.02 bits per heavy atom. The third kappa shape index (κ3) is 7.34. The van der Waals surface area contributed by atoms with Gasteiger partial charge in [-0.15, -0.1) is 0 Å². The normalized spacial score (nSPS) is 17.0. The minimum Gasteiger partial charge on any atom is -0.496 e. The Morgan fingerprint density at radius 2 is 1.70 bits per heavy atom. The highest BCUT2D eigenvalue weighted by Crippen LogP contribution is 2.38. The number of amides is 2. The van der Waals surface area contributed by atoms with E-state index in [1.165, 1.54) is 5.56 Å². The number of carbonyl (C=O) groups is 2. The number of piperazine rings is 1. The minimum atomic E-state index is -0.284. The Bertz CT molecular complexity index is 1920. The number of carbonyl (C=O) groups excluding carboxylic acids is 2. The number of nitrogens with zero attached hydrogens (tertiary/aromatic N) is 5. The topological polar surface area (TPSA) is 108 Å². The van der Waals surface area contributed by atoms with Gasteiger partial charge in [-0.05, 0) is 72.6 Å². The summed E-state index contributed by atoms with van der Waals surface area (Å²) in [5.74, 6) is 1.13. The second-order valence-corrected chi connectivity index (χ2v) is 14.5. The Morgan fingerprint density at radius 3 is 2.30 bits per heavy atom. The molecule has 1 atom stereocenters. The maximum absolute atomic E-state index is 13.6. The van der Waals surface area contributed by atoms with Crippen LogP contribution in [0.5, 0.6) is 11.5 Å². The van der Waals surface area contributed by atoms with E-state index in [2.05, 4.69) is 23.1 Å². The highest BCUT2D eigenvalue weighted by molar-refractivity contribution is 5.97. The van der Waals surface area contributed by atoms with Gasteiger partial charge in [-0.2, -0.15) is 5.26 Å². The summed E-state index contributed by atoms with van der Waals surface area (Å²) in [6, 6.07) is 12.0. The zero-order valence-corrected chi connectivity index (χ0v) is 30.8. The average molecular weight is 680 g/mol. The number of allylic oxidation sites excluding steroid dienone is 1. The molecule has 2 aliphatic rings. The van der Waals surface area contributed by atoms with Crippen molar-refractivity contribution in [1.82, 2.24) is 19.3 Å². The molecule has 0 N–H and O–H groups in total. The van der Waals surface area contributed by atoms with E-state index < -0.39 is 0 Å². The van der Waals surface area contributed by atoms with Crippen LogP contribution < -0.4 is 15.0 Å². The molecule has 1 aromatic heterocycles. The largest absolute Gasteiger partial charge is 0.496 e. The van der Waals surface area contributed by atoms with Gasteiger partial charge < -0.3 is 23.8 Å². The second-order valence-electron chi connectivity index (χ2n) is 14.5. The molecule has 1 saturated heterocycles. The van der Waals surface area contributed by atoms with Gasteiger partial charge >= 0.3 is 0 Å². The maximum atomic E-state index is 13.6. The zero-order valence-electron chi connectivity index (χ0n) is 30.8. The SMILES string of the molecule is COc1cc(-c2cn(C)c(=O)c(C)c2C)cc(OC)c1CN1CCN(Cc2cccc3c2CCN(C(=O)/C(C#N)=C/C(C)(C)C)C3C)C(=O)C1. The van der Waals surface area contributed by atoms with Crippen molar-refractivity contribution in [2.24, 2.45) is 12.5 Å². The van der Waals surface area contributed by atoms with Crippen molar-refractivity contribution in [3.63, 3.8) is 0 Å². The van der Waals surface area contributed by atoms with Crippen molar-refractivity contribution in [3.8, 4) is 28.7 Å². The van der Waals surface area contributed by atoms with Crippen molar-refractivity contribution < 1.29 is 19.1 Å². The van der Waals surface area contributed by atoms with Crippen molar-refractivity contribution in [2.45, 2.75) is 67.1 Å². The molecule has 3 aromatic rings. The molecule has 10 nitrogen and oxygen atoms in total. The van der Waals surface area contributed by atoms with Gasteiger partial charge in [0.1, 0.15) is 23.1 Å². The Kier molecular flexibility index (Phi) is 10.6. The summed E-state index contributed by atoms with van der Waals surface area (Å²) in [6.07, 6.45) is 4.25. The van der Waals surface area contributed by atoms with Crippen molar-refractivity contribution in [3.05, 3.63) is 91.9 Å². The summed E-state index contributed by atoms with van der Waals surface area (Å²) in [7, 11) is 5.01. The van der Waals surface area contributed by atoms with Crippen LogP contribution in [0.3, 0.4) is 0 Å². The third-order valence-corrected chi connectivity index (χ3v) is 10.0. The summed E-state index contributed by atoms with van der Waals surface area (Å²) in [5.41, 5.74) is 7.49. The predicted octanol–water partition coefficient (Wildman–Crippen LogP) is 5.47. The Labute approximate surface area is 295 Å². The number of methoxy groups -OCH3 is 2. The lowest BCUT2D eigenvalue weighted by atomic mass is 9.88. The zero-order chi connectivity index (χ0) is 36.5. The van der Waals surface area contributed by atoms with Crippen LogP contribution in [-0.2, 0) is 36.1 Å². The number of pyridine rings is 1. The van der Waals surface area contributed by atoms with Crippen LogP contribution in [0.1, 0.15) is 67.1 Å². The second kappa shape index (κ2) is 14.5. The van der Waals surface area contributed by atoms with Crippen LogP contribution in [0.4, 0.5) is 0 Å². The van der Waals surface area contributed by atoms with Gasteiger partial charge in [0.25, 0.3) is 11.5 Å². The van der Waals surface area contributed by atoms with Gasteiger partial charge in [0.05, 0.1) is 32.4 Å². The highest BCUT2D eigenvalue weighted by atomic mass is 16.5. The molecule has 0 saturated carbocycles. The predicted molar refractivity (Wildman–Crippen MR) is 194 cm³/mol. The number of hydrogen-bond donors (Lipinski definition) is 0. The Balaban J connectivity index is 1.30. The standard InChI is InChI=1S/C40H49N5O5/c1-25-26(2)38(47)42(7)22-33(25)29-17-35(49-8)34(36(18-29)50-9)23-43-15-16-44(37(46)24-43)21-28-11-10-12-31-27(3)45(14-13-32(28)31)39(48)30(20-41)19-40(4,5)6/h10-12,17-19,22,27H,13-16,21,23-24H2,1-9H3/b30-19+. The summed E-state index contributed by atoms with van der Waals surface area (Å²) in [5, 5.41) is 9.74. The molecular weight excluding hydrogens is 630 g/mol. The average Bonchev–Trinajstić information content (AvgIpc) is 3.08. The van der Waals surface area contributed by atoms with Crippen LogP contribution in [-0.4, -0.2) is 71.5 Å². The third-order valence-electron chi connectivity index (χ3n) is 10.0. The van der Waals surface area contributed by atoms with E-state index in [0.717, 1.165) is 33.4 Å². The molecular formula is C40H49N5O5. The molecule has 2 aromatic carbocycles. The van der Waals surface area contributed by atoms with E-state index in [4.69, 9.17) is 9.47 Å². The number of fused-ring (bicyclic) bond motifs is 1. The number of rotatable bonds is 8. The van der Waals surface area contributed by atoms with Gasteiger partial charge in [0.2, 0.25) is 5.91 Å². The number of aromatic nitrogens is 1. The van der Waals surface area contributed by atoms with Gasteiger partial charge in [-0.1, -0.05) is 45.0 Å². The van der Waals surface area contributed by atoms with E-state index in [-0.39, 0.29) is 40.9 Å². The van der Waals surface area contributed by atoms with Gasteiger partial charge in [-0.3, -0.25) is 19.3 Å². The lowest BCUT2D eigenvalue weighted by Crippen LogP contribution is -2.49. The molecule has 2 amide bonds. The van der Waals surface area contributed by atoms with Crippen molar-refractivity contribution in [2.75, 3.05) is 40.4 Å². The summed E-state index contributed by atoms with van der Waals surface area (Å²) in [4.78, 5) is 45.3. The fraction of sp³-hybridized carbons (Fsp3) is 0.450. The highest BCUT2D eigenvalue weighted by Gasteiger charge is 2.33. The quantitative estimate of drug-likeness (QED) is 0.230. The first-order chi connectivity index (χ1) is 23.7. The lowest BCUT2D eigenvalue weighted by molar-refractivity contribution is -0.137. The van der Waals surface area contributed by atoms with Crippen LogP contribution in [0.2, 0.25) is 0 Å². The smallest absolute Gasteiger partial charge is 0.264 e. The molecule has 2 aliphatic heterocycles. The van der Waals surface area contributed by atoms with E-state index >= 15 is 0 Å². The summed E-state index contributed by atoms with van der Waals surface area (Å²) >= 11 is 0. The Hall–Kier alpha value is -4.88. The van der Waals surface area contributed by atoms with Crippen LogP contribution in [0.25, 0.3) is 11.1 Å². The van der Waals surface area contributed by atoms with E-state index in [1.807, 2.05) is 70.8 Å². The lowest BCUT2D eigenvalue weighted by Gasteiger charge is -2.38. The minimum absolute atomic E-state index is 0.0229. The molecule has 0 spiro atoms. The maximum Gasteiger partial charge on any atom is 0.264 e. The van der Waals surface area contributed by atoms with Crippen LogP contribution in [0, 0.1) is 30.6 Å². The van der Waals surface area contributed by atoms with Crippen molar-refractivity contribution in [1.29, 1.82) is 5.26 Å². The number of benzene rings is 2. The van der Waals surface area contributed by atoms with Gasteiger partial charge in [-0.25, -0.2) is 0 Å². The number of nitriles is 1. The fourth-order valence-electron chi connectivity index (χ4n) is 7.15. The van der Waals surface area contributed by atoms with Gasteiger partial charge in [0.15, 0.2) is 0 Å².